The third kappa shape index (κ3) is 6.45. The highest BCUT2D eigenvalue weighted by Gasteiger charge is 2.31. The van der Waals surface area contributed by atoms with Gasteiger partial charge >= 0.3 is 0 Å². The molecule has 0 bridgehead atoms. The maximum atomic E-state index is 14.4. The van der Waals surface area contributed by atoms with Crippen LogP contribution in [0.2, 0.25) is 0 Å². The van der Waals surface area contributed by atoms with Gasteiger partial charge in [-0.3, -0.25) is 14.4 Å². The first-order chi connectivity index (χ1) is 16.3. The van der Waals surface area contributed by atoms with Crippen molar-refractivity contribution in [2.45, 2.75) is 52.1 Å². The molecule has 2 aromatic carbocycles. The van der Waals surface area contributed by atoms with Crippen LogP contribution in [0.4, 0.5) is 14.6 Å². The molecule has 0 aliphatic rings. The molecule has 3 rings (SSSR count). The number of carbonyl (C=O) groups excluding carboxylic acids is 2. The molecule has 9 heteroatoms. The second-order valence-corrected chi connectivity index (χ2v) is 9.79. The number of carbonyl (C=O) groups is 2. The number of benzene rings is 2. The minimum absolute atomic E-state index is 0.0351. The van der Waals surface area contributed by atoms with E-state index < -0.39 is 28.6 Å². The van der Waals surface area contributed by atoms with Gasteiger partial charge in [0.1, 0.15) is 11.6 Å². The van der Waals surface area contributed by atoms with Gasteiger partial charge in [0.2, 0.25) is 5.91 Å². The Morgan fingerprint density at radius 1 is 0.943 bits per heavy atom. The molecule has 3 aromatic rings. The molecule has 0 saturated carbocycles. The first-order valence-electron chi connectivity index (χ1n) is 11.0. The van der Waals surface area contributed by atoms with Crippen LogP contribution in [0, 0.1) is 11.6 Å². The Kier molecular flexibility index (Phi) is 7.30. The van der Waals surface area contributed by atoms with Crippen LogP contribution in [0.1, 0.15) is 57.0 Å². The lowest BCUT2D eigenvalue weighted by molar-refractivity contribution is -0.133. The molecule has 1 aromatic heterocycles. The number of halogens is 2. The number of nitrogens with two attached hydrogens (primary N) is 1. The molecule has 0 saturated heterocycles. The highest BCUT2D eigenvalue weighted by molar-refractivity contribution is 5.94. The van der Waals surface area contributed by atoms with Crippen LogP contribution in [0.3, 0.4) is 0 Å². The predicted octanol–water partition coefficient (Wildman–Crippen LogP) is 4.95. The molecule has 0 unspecified atom stereocenters. The first kappa shape index (κ1) is 25.9. The summed E-state index contributed by atoms with van der Waals surface area (Å²) in [5, 5.41) is 9.21. The second kappa shape index (κ2) is 9.87. The normalized spacial score (nSPS) is 11.9. The Balaban J connectivity index is 1.91. The van der Waals surface area contributed by atoms with Crippen LogP contribution in [0.5, 0.6) is 0 Å². The van der Waals surface area contributed by atoms with E-state index in [9.17, 15) is 18.4 Å². The second-order valence-electron chi connectivity index (χ2n) is 9.79. The third-order valence-corrected chi connectivity index (χ3v) is 5.20. The van der Waals surface area contributed by atoms with Gasteiger partial charge in [-0.05, 0) is 74.2 Å². The largest absolute Gasteiger partial charge is 0.366 e. The van der Waals surface area contributed by atoms with Crippen molar-refractivity contribution in [2.24, 2.45) is 5.73 Å². The van der Waals surface area contributed by atoms with E-state index >= 15 is 0 Å². The molecule has 0 aliphatic heterocycles. The summed E-state index contributed by atoms with van der Waals surface area (Å²) in [4.78, 5) is 30.7. The summed E-state index contributed by atoms with van der Waals surface area (Å²) in [6.45, 7) is 9.09. The number of hydrogen-bond acceptors (Lipinski definition) is 5. The van der Waals surface area contributed by atoms with Crippen LogP contribution in [-0.2, 0) is 15.0 Å². The maximum absolute atomic E-state index is 14.4. The molecule has 7 nitrogen and oxygen atoms in total. The van der Waals surface area contributed by atoms with Crippen molar-refractivity contribution in [3.05, 3.63) is 77.4 Å². The molecule has 0 aliphatic carbocycles. The van der Waals surface area contributed by atoms with E-state index in [2.05, 4.69) is 10.2 Å². The van der Waals surface area contributed by atoms with Crippen LogP contribution in [0.15, 0.2) is 54.6 Å². The zero-order chi connectivity index (χ0) is 26.0. The first-order valence-corrected chi connectivity index (χ1v) is 11.0. The summed E-state index contributed by atoms with van der Waals surface area (Å²) in [6.07, 6.45) is 0.0351. The summed E-state index contributed by atoms with van der Waals surface area (Å²) in [6, 6.07) is 12.6. The molecular formula is C26H28F2N4O3. The molecular weight excluding hydrogens is 454 g/mol. The molecule has 2 N–H and O–H groups in total. The lowest BCUT2D eigenvalue weighted by Gasteiger charge is -2.32. The maximum Gasteiger partial charge on any atom is 0.253 e. The average Bonchev–Trinajstić information content (AvgIpc) is 2.77. The molecule has 0 atom stereocenters. The van der Waals surface area contributed by atoms with E-state index in [0.717, 1.165) is 16.7 Å². The molecule has 184 valence electrons. The molecule has 1 heterocycles. The Bertz CT molecular complexity index is 1220. The number of primary amides is 1. The average molecular weight is 483 g/mol. The molecule has 2 amide bonds. The Morgan fingerprint density at radius 3 is 2.14 bits per heavy atom. The van der Waals surface area contributed by atoms with Crippen LogP contribution >= 0.6 is 0 Å². The van der Waals surface area contributed by atoms with Crippen LogP contribution < -0.4 is 10.8 Å². The lowest BCUT2D eigenvalue weighted by atomic mass is 9.81. The topological polar surface area (TPSA) is 98.4 Å². The Labute approximate surface area is 202 Å². The Hall–Kier alpha value is -3.72. The highest BCUT2D eigenvalue weighted by Crippen LogP contribution is 2.30. The third-order valence-electron chi connectivity index (χ3n) is 5.20. The van der Waals surface area contributed by atoms with Gasteiger partial charge in [-0.15, -0.1) is 10.2 Å². The number of hydrogen-bond donors (Lipinski definition) is 1. The van der Waals surface area contributed by atoms with Crippen molar-refractivity contribution < 1.29 is 23.2 Å². The minimum Gasteiger partial charge on any atom is -0.366 e. The number of aromatic nitrogens is 2. The fraction of sp³-hybridized carbons (Fsp3) is 0.308. The monoisotopic (exact) mass is 482 g/mol. The van der Waals surface area contributed by atoms with E-state index in [1.807, 2.05) is 13.8 Å². The van der Waals surface area contributed by atoms with E-state index in [1.54, 1.807) is 32.9 Å². The van der Waals surface area contributed by atoms with Crippen molar-refractivity contribution in [3.8, 4) is 11.3 Å². The van der Waals surface area contributed by atoms with Crippen molar-refractivity contribution in [1.82, 2.24) is 10.2 Å². The standard InChI is InChI=1S/C26H28F2N4O3/c1-25(2,3)35-32(23(33)15-26(4,5)17-7-9-18(27)10-8-17)22-13-12-21(30-31-22)19-14-16(24(29)34)6-11-20(19)28/h6-14H,15H2,1-5H3,(H2,29,34). The molecule has 0 fully saturated rings. The van der Waals surface area contributed by atoms with Crippen LogP contribution in [0.25, 0.3) is 11.3 Å². The molecule has 0 radical (unpaired) electrons. The summed E-state index contributed by atoms with van der Waals surface area (Å²) in [5.74, 6) is -1.94. The van der Waals surface area contributed by atoms with E-state index in [0.29, 0.717) is 0 Å². The van der Waals surface area contributed by atoms with Gasteiger partial charge in [-0.25, -0.2) is 8.78 Å². The quantitative estimate of drug-likeness (QED) is 0.481. The summed E-state index contributed by atoms with van der Waals surface area (Å²) < 4.78 is 27.7. The highest BCUT2D eigenvalue weighted by atomic mass is 19.1. The summed E-state index contributed by atoms with van der Waals surface area (Å²) >= 11 is 0. The fourth-order valence-electron chi connectivity index (χ4n) is 3.40. The zero-order valence-corrected chi connectivity index (χ0v) is 20.3. The summed E-state index contributed by atoms with van der Waals surface area (Å²) in [7, 11) is 0. The predicted molar refractivity (Wildman–Crippen MR) is 128 cm³/mol. The van der Waals surface area contributed by atoms with E-state index in [1.165, 1.54) is 36.4 Å². The van der Waals surface area contributed by atoms with Gasteiger partial charge in [0.05, 0.1) is 11.3 Å². The van der Waals surface area contributed by atoms with E-state index in [-0.39, 0.29) is 34.9 Å². The number of anilines is 1. The SMILES string of the molecule is CC(C)(C)ON(C(=O)CC(C)(C)c1ccc(F)cc1)c1ccc(-c2cc(C(N)=O)ccc2F)nn1. The molecule has 35 heavy (non-hydrogen) atoms. The van der Waals surface area contributed by atoms with Gasteiger partial charge in [-0.1, -0.05) is 26.0 Å². The fourth-order valence-corrected chi connectivity index (χ4v) is 3.40. The smallest absolute Gasteiger partial charge is 0.253 e. The van der Waals surface area contributed by atoms with E-state index in [4.69, 9.17) is 10.6 Å². The zero-order valence-electron chi connectivity index (χ0n) is 20.3. The Morgan fingerprint density at radius 2 is 1.60 bits per heavy atom. The van der Waals surface area contributed by atoms with Crippen LogP contribution in [-0.4, -0.2) is 27.6 Å². The van der Waals surface area contributed by atoms with Crippen molar-refractivity contribution in [3.63, 3.8) is 0 Å². The number of nitrogens with zero attached hydrogens (tertiary/aromatic N) is 3. The van der Waals surface area contributed by atoms with Gasteiger partial charge in [0, 0.05) is 17.5 Å². The molecule has 0 spiro atoms. The van der Waals surface area contributed by atoms with Gasteiger partial charge in [0.25, 0.3) is 5.91 Å². The minimum atomic E-state index is -0.738. The lowest BCUT2D eigenvalue weighted by Crippen LogP contribution is -2.41. The number of amides is 2. The van der Waals surface area contributed by atoms with Gasteiger partial charge < -0.3 is 5.73 Å². The van der Waals surface area contributed by atoms with Gasteiger partial charge in [-0.2, -0.15) is 5.06 Å². The van der Waals surface area contributed by atoms with Crippen molar-refractivity contribution >= 4 is 17.6 Å². The van der Waals surface area contributed by atoms with Gasteiger partial charge in [0.15, 0.2) is 5.82 Å². The summed E-state index contributed by atoms with van der Waals surface area (Å²) in [5.41, 5.74) is 5.04. The van der Waals surface area contributed by atoms with Crippen molar-refractivity contribution in [1.29, 1.82) is 0 Å². The number of hydroxylamine groups is 1. The number of rotatable bonds is 7. The van der Waals surface area contributed by atoms with Crippen molar-refractivity contribution in [2.75, 3.05) is 5.06 Å².